The Labute approximate surface area is 163 Å². The molecular weight excluding hydrogens is 350 g/mol. The summed E-state index contributed by atoms with van der Waals surface area (Å²) in [5.41, 5.74) is 3.94. The lowest BCUT2D eigenvalue weighted by molar-refractivity contribution is 0.0954. The number of hydrogen-bond donors (Lipinski definition) is 1. The first-order chi connectivity index (χ1) is 13.7. The number of carbonyl (C=O) groups is 1. The van der Waals surface area contributed by atoms with Gasteiger partial charge in [-0.05, 0) is 49.7 Å². The second-order valence-corrected chi connectivity index (χ2v) is 6.67. The zero-order chi connectivity index (χ0) is 19.3. The van der Waals surface area contributed by atoms with Gasteiger partial charge in [0, 0.05) is 37.1 Å². The van der Waals surface area contributed by atoms with Crippen LogP contribution in [-0.4, -0.2) is 32.2 Å². The molecule has 6 heteroatoms. The van der Waals surface area contributed by atoms with Gasteiger partial charge in [-0.1, -0.05) is 17.7 Å². The number of benzene rings is 1. The normalized spacial score (nSPS) is 10.9. The van der Waals surface area contributed by atoms with Crippen molar-refractivity contribution in [1.29, 1.82) is 0 Å². The molecule has 0 atom stereocenters. The predicted molar refractivity (Wildman–Crippen MR) is 109 cm³/mol. The molecule has 0 bridgehead atoms. The Bertz CT molecular complexity index is 1090. The van der Waals surface area contributed by atoms with Crippen LogP contribution in [0.5, 0.6) is 0 Å². The zero-order valence-corrected chi connectivity index (χ0v) is 15.7. The standard InChI is InChI=1S/C22H21N5O/c1-16-7-8-19-17(14-16)18(15-21(26-19)20-6-2-3-9-23-20)22(28)24-10-4-12-27-13-5-11-25-27/h2-3,5-9,11,13-15H,4,10,12H2,1H3,(H,24,28). The maximum absolute atomic E-state index is 12.9. The second kappa shape index (κ2) is 8.00. The Morgan fingerprint density at radius 3 is 2.79 bits per heavy atom. The number of fused-ring (bicyclic) bond motifs is 1. The highest BCUT2D eigenvalue weighted by Crippen LogP contribution is 2.24. The quantitative estimate of drug-likeness (QED) is 0.526. The number of nitrogens with zero attached hydrogens (tertiary/aromatic N) is 4. The average Bonchev–Trinajstić information content (AvgIpc) is 3.24. The van der Waals surface area contributed by atoms with Gasteiger partial charge < -0.3 is 5.32 Å². The van der Waals surface area contributed by atoms with E-state index < -0.39 is 0 Å². The number of pyridine rings is 2. The van der Waals surface area contributed by atoms with Crippen LogP contribution in [-0.2, 0) is 6.54 Å². The molecule has 0 unspecified atom stereocenters. The van der Waals surface area contributed by atoms with Crippen molar-refractivity contribution in [2.45, 2.75) is 19.9 Å². The lowest BCUT2D eigenvalue weighted by Crippen LogP contribution is -2.25. The molecule has 1 N–H and O–H groups in total. The van der Waals surface area contributed by atoms with E-state index in [1.54, 1.807) is 12.4 Å². The fourth-order valence-electron chi connectivity index (χ4n) is 3.14. The van der Waals surface area contributed by atoms with Gasteiger partial charge in [0.05, 0.1) is 22.5 Å². The summed E-state index contributed by atoms with van der Waals surface area (Å²) in [5.74, 6) is -0.101. The number of hydrogen-bond acceptors (Lipinski definition) is 4. The molecule has 1 amide bonds. The number of nitrogens with one attached hydrogen (secondary N) is 1. The average molecular weight is 371 g/mol. The topological polar surface area (TPSA) is 72.7 Å². The van der Waals surface area contributed by atoms with Crippen molar-refractivity contribution >= 4 is 16.8 Å². The van der Waals surface area contributed by atoms with E-state index in [1.165, 1.54) is 0 Å². The lowest BCUT2D eigenvalue weighted by Gasteiger charge is -2.11. The third-order valence-corrected chi connectivity index (χ3v) is 4.54. The van der Waals surface area contributed by atoms with Crippen molar-refractivity contribution in [2.24, 2.45) is 0 Å². The van der Waals surface area contributed by atoms with Gasteiger partial charge in [0.15, 0.2) is 0 Å². The van der Waals surface area contributed by atoms with Gasteiger partial charge in [0.2, 0.25) is 0 Å². The maximum atomic E-state index is 12.9. The Morgan fingerprint density at radius 2 is 2.00 bits per heavy atom. The Kier molecular flexibility index (Phi) is 5.10. The molecule has 4 rings (SSSR count). The summed E-state index contributed by atoms with van der Waals surface area (Å²) in [6.07, 6.45) is 6.21. The fourth-order valence-corrected chi connectivity index (χ4v) is 3.14. The van der Waals surface area contributed by atoms with Crippen LogP contribution in [0.3, 0.4) is 0 Å². The summed E-state index contributed by atoms with van der Waals surface area (Å²) < 4.78 is 1.86. The fraction of sp³-hybridized carbons (Fsp3) is 0.182. The van der Waals surface area contributed by atoms with Crippen LogP contribution in [0.15, 0.2) is 67.1 Å². The largest absolute Gasteiger partial charge is 0.352 e. The summed E-state index contributed by atoms with van der Waals surface area (Å²) in [7, 11) is 0. The monoisotopic (exact) mass is 371 g/mol. The van der Waals surface area contributed by atoms with Crippen LogP contribution in [0.4, 0.5) is 0 Å². The number of amides is 1. The Hall–Kier alpha value is -3.54. The third kappa shape index (κ3) is 3.91. The Morgan fingerprint density at radius 1 is 1.07 bits per heavy atom. The summed E-state index contributed by atoms with van der Waals surface area (Å²) in [4.78, 5) is 22.0. The summed E-state index contributed by atoms with van der Waals surface area (Å²) >= 11 is 0. The number of carbonyl (C=O) groups excluding carboxylic acids is 1. The molecular formula is C22H21N5O. The molecule has 0 saturated carbocycles. The van der Waals surface area contributed by atoms with Crippen LogP contribution in [0, 0.1) is 6.92 Å². The second-order valence-electron chi connectivity index (χ2n) is 6.67. The van der Waals surface area contributed by atoms with Gasteiger partial charge in [-0.15, -0.1) is 0 Å². The molecule has 0 radical (unpaired) electrons. The van der Waals surface area contributed by atoms with Crippen molar-refractivity contribution in [3.8, 4) is 11.4 Å². The first-order valence-electron chi connectivity index (χ1n) is 9.29. The van der Waals surface area contributed by atoms with Crippen molar-refractivity contribution < 1.29 is 4.79 Å². The van der Waals surface area contributed by atoms with Crippen molar-refractivity contribution in [3.63, 3.8) is 0 Å². The minimum Gasteiger partial charge on any atom is -0.352 e. The molecule has 6 nitrogen and oxygen atoms in total. The van der Waals surface area contributed by atoms with E-state index in [9.17, 15) is 4.79 Å². The lowest BCUT2D eigenvalue weighted by atomic mass is 10.0. The summed E-state index contributed by atoms with van der Waals surface area (Å²) in [6, 6.07) is 15.3. The zero-order valence-electron chi connectivity index (χ0n) is 15.7. The SMILES string of the molecule is Cc1ccc2nc(-c3ccccn3)cc(C(=O)NCCCn3cccn3)c2c1. The number of aryl methyl sites for hydroxylation is 2. The highest BCUT2D eigenvalue weighted by atomic mass is 16.1. The van der Waals surface area contributed by atoms with E-state index in [2.05, 4.69) is 15.4 Å². The first kappa shape index (κ1) is 17.9. The molecule has 0 saturated heterocycles. The summed E-state index contributed by atoms with van der Waals surface area (Å²) in [6.45, 7) is 3.35. The predicted octanol–water partition coefficient (Wildman–Crippen LogP) is 3.62. The molecule has 140 valence electrons. The molecule has 3 aromatic heterocycles. The minimum atomic E-state index is -0.101. The van der Waals surface area contributed by atoms with Gasteiger partial charge in [0.1, 0.15) is 0 Å². The highest BCUT2D eigenvalue weighted by molar-refractivity contribution is 6.07. The van der Waals surface area contributed by atoms with Gasteiger partial charge >= 0.3 is 0 Å². The maximum Gasteiger partial charge on any atom is 0.252 e. The molecule has 28 heavy (non-hydrogen) atoms. The smallest absolute Gasteiger partial charge is 0.252 e. The molecule has 0 aliphatic carbocycles. The van der Waals surface area contributed by atoms with Crippen molar-refractivity contribution in [2.75, 3.05) is 6.54 Å². The van der Waals surface area contributed by atoms with Crippen molar-refractivity contribution in [3.05, 3.63) is 78.2 Å². The molecule has 0 fully saturated rings. The minimum absolute atomic E-state index is 0.101. The van der Waals surface area contributed by atoms with Gasteiger partial charge in [0.25, 0.3) is 5.91 Å². The van der Waals surface area contributed by atoms with E-state index in [4.69, 9.17) is 4.98 Å². The van der Waals surface area contributed by atoms with Crippen LogP contribution in [0.2, 0.25) is 0 Å². The van der Waals surface area contributed by atoms with E-state index in [0.29, 0.717) is 17.8 Å². The number of rotatable bonds is 6. The van der Waals surface area contributed by atoms with Crippen molar-refractivity contribution in [1.82, 2.24) is 25.1 Å². The Balaban J connectivity index is 1.60. The third-order valence-electron chi connectivity index (χ3n) is 4.54. The molecule has 0 aliphatic rings. The van der Waals surface area contributed by atoms with Gasteiger partial charge in [-0.25, -0.2) is 4.98 Å². The first-order valence-corrected chi connectivity index (χ1v) is 9.29. The molecule has 0 spiro atoms. The van der Waals surface area contributed by atoms with Crippen LogP contribution in [0.25, 0.3) is 22.3 Å². The molecule has 3 heterocycles. The van der Waals surface area contributed by atoms with Gasteiger partial charge in [-0.3, -0.25) is 14.5 Å². The summed E-state index contributed by atoms with van der Waals surface area (Å²) in [5, 5.41) is 8.05. The highest BCUT2D eigenvalue weighted by Gasteiger charge is 2.14. The van der Waals surface area contributed by atoms with E-state index in [-0.39, 0.29) is 5.91 Å². The van der Waals surface area contributed by atoms with Crippen LogP contribution < -0.4 is 5.32 Å². The number of aromatic nitrogens is 4. The van der Waals surface area contributed by atoms with Crippen LogP contribution >= 0.6 is 0 Å². The van der Waals surface area contributed by atoms with Crippen LogP contribution in [0.1, 0.15) is 22.3 Å². The van der Waals surface area contributed by atoms with E-state index in [0.717, 1.165) is 35.1 Å². The van der Waals surface area contributed by atoms with E-state index in [1.807, 2.05) is 66.3 Å². The molecule has 4 aromatic rings. The molecule has 0 aliphatic heterocycles. The van der Waals surface area contributed by atoms with Gasteiger partial charge in [-0.2, -0.15) is 5.10 Å². The van der Waals surface area contributed by atoms with E-state index >= 15 is 0 Å². The molecule has 1 aromatic carbocycles.